The SMILES string of the molecule is Cc1nc(-c2c(C)c(C)nn(C)c2=O)sc1C(=O)NCc1ccnc(-n2cccn2)c1. The van der Waals surface area contributed by atoms with E-state index in [4.69, 9.17) is 0 Å². The molecule has 1 N–H and O–H groups in total. The molecule has 10 heteroatoms. The van der Waals surface area contributed by atoms with Gasteiger partial charge in [0.1, 0.15) is 9.88 Å². The van der Waals surface area contributed by atoms with Crippen LogP contribution in [-0.2, 0) is 13.6 Å². The fourth-order valence-corrected chi connectivity index (χ4v) is 4.25. The third-order valence-corrected chi connectivity index (χ3v) is 6.12. The Kier molecular flexibility index (Phi) is 5.47. The van der Waals surface area contributed by atoms with Crippen molar-refractivity contribution < 1.29 is 4.79 Å². The summed E-state index contributed by atoms with van der Waals surface area (Å²) in [7, 11) is 1.61. The van der Waals surface area contributed by atoms with Crippen LogP contribution in [0.2, 0.25) is 0 Å². The molecule has 4 aromatic heterocycles. The summed E-state index contributed by atoms with van der Waals surface area (Å²) in [6.45, 7) is 5.79. The normalized spacial score (nSPS) is 11.0. The van der Waals surface area contributed by atoms with Crippen molar-refractivity contribution in [3.8, 4) is 16.4 Å². The summed E-state index contributed by atoms with van der Waals surface area (Å²) in [5.41, 5.74) is 3.26. The van der Waals surface area contributed by atoms with E-state index in [-0.39, 0.29) is 11.5 Å². The Morgan fingerprint density at radius 2 is 2.00 bits per heavy atom. The first-order chi connectivity index (χ1) is 14.8. The van der Waals surface area contributed by atoms with E-state index in [0.29, 0.717) is 33.5 Å². The summed E-state index contributed by atoms with van der Waals surface area (Å²) in [6.07, 6.45) is 5.17. The lowest BCUT2D eigenvalue weighted by atomic mass is 10.1. The minimum absolute atomic E-state index is 0.230. The first kappa shape index (κ1) is 20.6. The Morgan fingerprint density at radius 1 is 1.19 bits per heavy atom. The number of thiazole rings is 1. The average Bonchev–Trinajstić information content (AvgIpc) is 3.41. The van der Waals surface area contributed by atoms with Crippen LogP contribution in [0.3, 0.4) is 0 Å². The zero-order chi connectivity index (χ0) is 22.1. The minimum Gasteiger partial charge on any atom is -0.347 e. The molecule has 158 valence electrons. The van der Waals surface area contributed by atoms with Crippen LogP contribution in [-0.4, -0.2) is 35.4 Å². The fraction of sp³-hybridized carbons (Fsp3) is 0.238. The lowest BCUT2D eigenvalue weighted by Crippen LogP contribution is -2.23. The Morgan fingerprint density at radius 3 is 2.74 bits per heavy atom. The number of pyridine rings is 1. The van der Waals surface area contributed by atoms with E-state index in [1.165, 1.54) is 16.0 Å². The lowest BCUT2D eigenvalue weighted by molar-refractivity contribution is 0.0954. The van der Waals surface area contributed by atoms with Crippen molar-refractivity contribution >= 4 is 17.2 Å². The Labute approximate surface area is 182 Å². The van der Waals surface area contributed by atoms with Crippen molar-refractivity contribution in [3.05, 3.63) is 74.5 Å². The molecule has 0 aromatic carbocycles. The van der Waals surface area contributed by atoms with Crippen LogP contribution in [0.5, 0.6) is 0 Å². The van der Waals surface area contributed by atoms with Gasteiger partial charge in [-0.05, 0) is 50.1 Å². The zero-order valence-electron chi connectivity index (χ0n) is 17.6. The molecular weight excluding hydrogens is 414 g/mol. The summed E-state index contributed by atoms with van der Waals surface area (Å²) >= 11 is 1.21. The average molecular weight is 436 g/mol. The third-order valence-electron chi connectivity index (χ3n) is 4.94. The van der Waals surface area contributed by atoms with Crippen LogP contribution >= 0.6 is 11.3 Å². The molecule has 4 heterocycles. The van der Waals surface area contributed by atoms with Crippen molar-refractivity contribution in [3.63, 3.8) is 0 Å². The molecule has 4 aromatic rings. The van der Waals surface area contributed by atoms with E-state index in [0.717, 1.165) is 16.8 Å². The van der Waals surface area contributed by atoms with Crippen LogP contribution in [0, 0.1) is 20.8 Å². The predicted octanol–water partition coefficient (Wildman–Crippen LogP) is 2.34. The third kappa shape index (κ3) is 4.02. The van der Waals surface area contributed by atoms with Crippen LogP contribution in [0.1, 0.15) is 32.2 Å². The first-order valence-electron chi connectivity index (χ1n) is 9.60. The van der Waals surface area contributed by atoms with Crippen molar-refractivity contribution in [2.24, 2.45) is 7.05 Å². The maximum absolute atomic E-state index is 12.8. The van der Waals surface area contributed by atoms with Gasteiger partial charge in [0.05, 0.1) is 17.0 Å². The van der Waals surface area contributed by atoms with E-state index >= 15 is 0 Å². The highest BCUT2D eigenvalue weighted by atomic mass is 32.1. The fourth-order valence-electron chi connectivity index (χ4n) is 3.18. The number of nitrogens with zero attached hydrogens (tertiary/aromatic N) is 6. The number of carbonyl (C=O) groups excluding carboxylic acids is 1. The molecule has 0 atom stereocenters. The lowest BCUT2D eigenvalue weighted by Gasteiger charge is -2.07. The monoisotopic (exact) mass is 435 g/mol. The molecule has 0 aliphatic carbocycles. The van der Waals surface area contributed by atoms with Gasteiger partial charge in [-0.15, -0.1) is 11.3 Å². The topological polar surface area (TPSA) is 108 Å². The van der Waals surface area contributed by atoms with Crippen LogP contribution in [0.15, 0.2) is 41.6 Å². The van der Waals surface area contributed by atoms with Gasteiger partial charge in [0.2, 0.25) is 0 Å². The second-order valence-corrected chi connectivity index (χ2v) is 8.10. The molecule has 0 radical (unpaired) electrons. The Hall–Kier alpha value is -3.66. The molecule has 0 spiro atoms. The van der Waals surface area contributed by atoms with E-state index in [2.05, 4.69) is 25.5 Å². The summed E-state index contributed by atoms with van der Waals surface area (Å²) in [6, 6.07) is 5.52. The Bertz CT molecular complexity index is 1320. The molecular formula is C21H21N7O2S. The minimum atomic E-state index is -0.237. The van der Waals surface area contributed by atoms with Crippen LogP contribution in [0.25, 0.3) is 16.4 Å². The molecule has 4 rings (SSSR count). The molecule has 0 bridgehead atoms. The zero-order valence-corrected chi connectivity index (χ0v) is 18.4. The standard InChI is InChI=1S/C21H21N7O2S/c1-12-13(2)26-27(4)21(30)17(12)20-25-14(3)18(31-20)19(29)23-11-15-6-8-22-16(10-15)28-9-5-7-24-28/h5-10H,11H2,1-4H3,(H,23,29). The van der Waals surface area contributed by atoms with Crippen LogP contribution < -0.4 is 10.9 Å². The van der Waals surface area contributed by atoms with Crippen molar-refractivity contribution in [2.75, 3.05) is 0 Å². The summed E-state index contributed by atoms with van der Waals surface area (Å²) in [4.78, 5) is 34.7. The van der Waals surface area contributed by atoms with Gasteiger partial charge in [-0.25, -0.2) is 19.3 Å². The highest BCUT2D eigenvalue weighted by molar-refractivity contribution is 7.17. The second kappa shape index (κ2) is 8.23. The molecule has 1 amide bonds. The largest absolute Gasteiger partial charge is 0.347 e. The molecule has 0 saturated carbocycles. The van der Waals surface area contributed by atoms with E-state index < -0.39 is 0 Å². The van der Waals surface area contributed by atoms with Crippen molar-refractivity contribution in [1.82, 2.24) is 34.8 Å². The number of rotatable bonds is 5. The Balaban J connectivity index is 1.56. The van der Waals surface area contributed by atoms with Gasteiger partial charge in [0.15, 0.2) is 5.82 Å². The molecule has 0 aliphatic rings. The summed E-state index contributed by atoms with van der Waals surface area (Å²) in [5, 5.41) is 11.8. The first-order valence-corrected chi connectivity index (χ1v) is 10.4. The highest BCUT2D eigenvalue weighted by Gasteiger charge is 2.21. The van der Waals surface area contributed by atoms with Gasteiger partial charge in [0.25, 0.3) is 11.5 Å². The predicted molar refractivity (Wildman–Crippen MR) is 117 cm³/mol. The quantitative estimate of drug-likeness (QED) is 0.516. The van der Waals surface area contributed by atoms with Gasteiger partial charge in [-0.3, -0.25) is 9.59 Å². The summed E-state index contributed by atoms with van der Waals surface area (Å²) in [5.74, 6) is 0.436. The van der Waals surface area contributed by atoms with E-state index in [1.807, 2.05) is 32.0 Å². The van der Waals surface area contributed by atoms with Gasteiger partial charge >= 0.3 is 0 Å². The molecule has 31 heavy (non-hydrogen) atoms. The highest BCUT2D eigenvalue weighted by Crippen LogP contribution is 2.28. The number of amides is 1. The van der Waals surface area contributed by atoms with E-state index in [9.17, 15) is 9.59 Å². The molecule has 0 saturated heterocycles. The number of aromatic nitrogens is 6. The summed E-state index contributed by atoms with van der Waals surface area (Å²) < 4.78 is 2.96. The number of carbonyl (C=O) groups is 1. The smallest absolute Gasteiger partial charge is 0.277 e. The number of aryl methyl sites for hydroxylation is 3. The molecule has 0 fully saturated rings. The number of hydrogen-bond acceptors (Lipinski definition) is 7. The molecule has 9 nitrogen and oxygen atoms in total. The van der Waals surface area contributed by atoms with E-state index in [1.54, 1.807) is 37.2 Å². The van der Waals surface area contributed by atoms with Gasteiger partial charge in [-0.2, -0.15) is 10.2 Å². The van der Waals surface area contributed by atoms with Crippen molar-refractivity contribution in [2.45, 2.75) is 27.3 Å². The molecule has 0 unspecified atom stereocenters. The maximum Gasteiger partial charge on any atom is 0.277 e. The van der Waals surface area contributed by atoms with Gasteiger partial charge in [0, 0.05) is 32.2 Å². The van der Waals surface area contributed by atoms with Gasteiger partial charge < -0.3 is 5.32 Å². The van der Waals surface area contributed by atoms with Crippen LogP contribution in [0.4, 0.5) is 0 Å². The number of nitrogens with one attached hydrogen (secondary N) is 1. The van der Waals surface area contributed by atoms with Crippen molar-refractivity contribution in [1.29, 1.82) is 0 Å². The number of hydrogen-bond donors (Lipinski definition) is 1. The van der Waals surface area contributed by atoms with Gasteiger partial charge in [-0.1, -0.05) is 0 Å². The maximum atomic E-state index is 12.8. The molecule has 0 aliphatic heterocycles. The second-order valence-electron chi connectivity index (χ2n) is 7.10.